The van der Waals surface area contributed by atoms with E-state index in [1.807, 2.05) is 0 Å². The number of pyridine rings is 1. The first-order valence-corrected chi connectivity index (χ1v) is 3.89. The fourth-order valence-corrected chi connectivity index (χ4v) is 1.27. The number of benzene rings is 1. The van der Waals surface area contributed by atoms with Gasteiger partial charge in [0.25, 0.3) is 0 Å². The first-order chi connectivity index (χ1) is 6.31. The Bertz CT molecular complexity index is 546. The summed E-state index contributed by atoms with van der Waals surface area (Å²) in [5.41, 5.74) is 1.56. The number of fused-ring (bicyclic) bond motifs is 1. The number of aromatic amines is 1. The summed E-state index contributed by atoms with van der Waals surface area (Å²) in [6.45, 7) is 0. The van der Waals surface area contributed by atoms with Gasteiger partial charge in [-0.25, -0.2) is 0 Å². The maximum Gasteiger partial charge on any atom is 0.189 e. The topological polar surface area (TPSA) is 32.9 Å². The monoisotopic (exact) mass is 169 g/mol. The lowest BCUT2D eigenvalue weighted by Crippen LogP contribution is -1.99. The Morgan fingerprint density at radius 3 is 2.92 bits per heavy atom. The number of hydrogen-bond acceptors (Lipinski definition) is 1. The zero-order chi connectivity index (χ0) is 9.26. The van der Waals surface area contributed by atoms with E-state index in [9.17, 15) is 4.79 Å². The fourth-order valence-electron chi connectivity index (χ4n) is 1.27. The van der Waals surface area contributed by atoms with Crippen LogP contribution in [0.25, 0.3) is 10.9 Å². The Hall–Kier alpha value is -2.01. The molecular formula is C11H7NO. The highest BCUT2D eigenvalue weighted by molar-refractivity contribution is 5.79. The summed E-state index contributed by atoms with van der Waals surface area (Å²) in [5, 5.41) is 0.668. The molecule has 1 aromatic heterocycles. The number of hydrogen-bond donors (Lipinski definition) is 1. The highest BCUT2D eigenvalue weighted by Gasteiger charge is 1.96. The smallest absolute Gasteiger partial charge is 0.189 e. The first kappa shape index (κ1) is 7.63. The number of nitrogens with one attached hydrogen (secondary N) is 1. The molecule has 13 heavy (non-hydrogen) atoms. The molecule has 2 nitrogen and oxygen atoms in total. The molecule has 0 spiro atoms. The largest absolute Gasteiger partial charge is 0.361 e. The Morgan fingerprint density at radius 2 is 2.15 bits per heavy atom. The van der Waals surface area contributed by atoms with Crippen molar-refractivity contribution in [2.45, 2.75) is 0 Å². The van der Waals surface area contributed by atoms with Crippen LogP contribution in [-0.4, -0.2) is 4.98 Å². The molecule has 0 saturated heterocycles. The van der Waals surface area contributed by atoms with Crippen LogP contribution in [0.2, 0.25) is 0 Å². The van der Waals surface area contributed by atoms with E-state index >= 15 is 0 Å². The van der Waals surface area contributed by atoms with Crippen molar-refractivity contribution < 1.29 is 0 Å². The molecule has 1 N–H and O–H groups in total. The van der Waals surface area contributed by atoms with Crippen molar-refractivity contribution >= 4 is 10.9 Å². The van der Waals surface area contributed by atoms with Crippen LogP contribution < -0.4 is 5.43 Å². The van der Waals surface area contributed by atoms with Gasteiger partial charge in [0, 0.05) is 23.2 Å². The van der Waals surface area contributed by atoms with E-state index in [4.69, 9.17) is 6.42 Å². The predicted molar refractivity (Wildman–Crippen MR) is 52.5 cm³/mol. The molecule has 2 heteroatoms. The maximum atomic E-state index is 11.3. The highest BCUT2D eigenvalue weighted by atomic mass is 16.1. The van der Waals surface area contributed by atoms with Crippen LogP contribution in [0.4, 0.5) is 0 Å². The Balaban J connectivity index is 2.90. The summed E-state index contributed by atoms with van der Waals surface area (Å²) in [5.74, 6) is 2.52. The third-order valence-electron chi connectivity index (χ3n) is 1.93. The molecule has 1 aromatic carbocycles. The quantitative estimate of drug-likeness (QED) is 0.596. The molecule has 0 unspecified atom stereocenters. The van der Waals surface area contributed by atoms with Crippen LogP contribution in [0.15, 0.2) is 35.3 Å². The number of H-pyrrole nitrogens is 1. The number of rotatable bonds is 0. The van der Waals surface area contributed by atoms with Gasteiger partial charge in [-0.2, -0.15) is 0 Å². The molecule has 0 atom stereocenters. The first-order valence-electron chi connectivity index (χ1n) is 3.89. The third-order valence-corrected chi connectivity index (χ3v) is 1.93. The van der Waals surface area contributed by atoms with Crippen LogP contribution in [0, 0.1) is 12.3 Å². The van der Waals surface area contributed by atoms with Crippen molar-refractivity contribution in [3.8, 4) is 12.3 Å². The van der Waals surface area contributed by atoms with Crippen molar-refractivity contribution in [3.63, 3.8) is 0 Å². The SMILES string of the molecule is C#Cc1ccc2c(=O)cc[nH]c2c1. The van der Waals surface area contributed by atoms with E-state index in [1.54, 1.807) is 24.4 Å². The molecule has 0 saturated carbocycles. The molecule has 2 aromatic rings. The summed E-state index contributed by atoms with van der Waals surface area (Å²) in [7, 11) is 0. The van der Waals surface area contributed by atoms with Crippen LogP contribution >= 0.6 is 0 Å². The van der Waals surface area contributed by atoms with E-state index in [0.29, 0.717) is 5.39 Å². The van der Waals surface area contributed by atoms with Crippen LogP contribution in [0.5, 0.6) is 0 Å². The maximum absolute atomic E-state index is 11.3. The van der Waals surface area contributed by atoms with Gasteiger partial charge < -0.3 is 4.98 Å². The lowest BCUT2D eigenvalue weighted by molar-refractivity contribution is 1.39. The molecule has 0 aliphatic heterocycles. The normalized spacial score (nSPS) is 9.77. The zero-order valence-electron chi connectivity index (χ0n) is 6.87. The standard InChI is InChI=1S/C11H7NO/c1-2-8-3-4-9-10(7-8)12-6-5-11(9)13/h1,3-7H,(H,12,13). The predicted octanol–water partition coefficient (Wildman–Crippen LogP) is 1.51. The minimum atomic E-state index is 0.0114. The lowest BCUT2D eigenvalue weighted by Gasteiger charge is -1.96. The molecule has 0 bridgehead atoms. The van der Waals surface area contributed by atoms with Gasteiger partial charge in [-0.05, 0) is 18.2 Å². The molecule has 0 fully saturated rings. The van der Waals surface area contributed by atoms with Gasteiger partial charge in [0.1, 0.15) is 0 Å². The Labute approximate surface area is 75.2 Å². The minimum Gasteiger partial charge on any atom is -0.361 e. The second-order valence-electron chi connectivity index (χ2n) is 2.75. The van der Waals surface area contributed by atoms with E-state index in [2.05, 4.69) is 10.9 Å². The van der Waals surface area contributed by atoms with Gasteiger partial charge >= 0.3 is 0 Å². The summed E-state index contributed by atoms with van der Waals surface area (Å²) < 4.78 is 0. The fraction of sp³-hybridized carbons (Fsp3) is 0. The van der Waals surface area contributed by atoms with Crippen molar-refractivity contribution in [2.75, 3.05) is 0 Å². The average Bonchev–Trinajstić information content (AvgIpc) is 2.18. The summed E-state index contributed by atoms with van der Waals surface area (Å²) >= 11 is 0. The molecule has 0 radical (unpaired) electrons. The second-order valence-corrected chi connectivity index (χ2v) is 2.75. The average molecular weight is 169 g/mol. The second kappa shape index (κ2) is 2.80. The zero-order valence-corrected chi connectivity index (χ0v) is 6.87. The van der Waals surface area contributed by atoms with Crippen molar-refractivity contribution in [2.24, 2.45) is 0 Å². The van der Waals surface area contributed by atoms with Crippen LogP contribution in [0.1, 0.15) is 5.56 Å². The van der Waals surface area contributed by atoms with E-state index in [1.165, 1.54) is 6.07 Å². The molecule has 1 heterocycles. The van der Waals surface area contributed by atoms with E-state index in [0.717, 1.165) is 11.1 Å². The molecule has 0 aliphatic rings. The van der Waals surface area contributed by atoms with Crippen molar-refractivity contribution in [1.29, 1.82) is 0 Å². The Kier molecular flexibility index (Phi) is 1.64. The Morgan fingerprint density at radius 1 is 1.31 bits per heavy atom. The highest BCUT2D eigenvalue weighted by Crippen LogP contribution is 2.08. The van der Waals surface area contributed by atoms with E-state index < -0.39 is 0 Å². The number of terminal acetylenes is 1. The van der Waals surface area contributed by atoms with Crippen LogP contribution in [-0.2, 0) is 0 Å². The molecular weight excluding hydrogens is 162 g/mol. The van der Waals surface area contributed by atoms with Gasteiger partial charge in [-0.3, -0.25) is 4.79 Å². The van der Waals surface area contributed by atoms with Gasteiger partial charge in [0.2, 0.25) is 0 Å². The molecule has 0 amide bonds. The van der Waals surface area contributed by atoms with Gasteiger partial charge in [-0.1, -0.05) is 5.92 Å². The van der Waals surface area contributed by atoms with E-state index in [-0.39, 0.29) is 5.43 Å². The van der Waals surface area contributed by atoms with Crippen LogP contribution in [0.3, 0.4) is 0 Å². The summed E-state index contributed by atoms with van der Waals surface area (Å²) in [6, 6.07) is 6.79. The summed E-state index contributed by atoms with van der Waals surface area (Å²) in [4.78, 5) is 14.3. The van der Waals surface area contributed by atoms with Gasteiger partial charge in [0.05, 0.1) is 5.52 Å². The molecule has 2 rings (SSSR count). The molecule has 0 aliphatic carbocycles. The van der Waals surface area contributed by atoms with Gasteiger partial charge in [-0.15, -0.1) is 6.42 Å². The minimum absolute atomic E-state index is 0.0114. The van der Waals surface area contributed by atoms with Crippen molar-refractivity contribution in [1.82, 2.24) is 4.98 Å². The van der Waals surface area contributed by atoms with Crippen molar-refractivity contribution in [3.05, 3.63) is 46.2 Å². The lowest BCUT2D eigenvalue weighted by atomic mass is 10.1. The number of aromatic nitrogens is 1. The van der Waals surface area contributed by atoms with Gasteiger partial charge in [0.15, 0.2) is 5.43 Å². The third kappa shape index (κ3) is 1.21. The molecule has 62 valence electrons. The summed E-state index contributed by atoms with van der Waals surface area (Å²) in [6.07, 6.45) is 6.85.